The van der Waals surface area contributed by atoms with Crippen molar-refractivity contribution in [1.29, 1.82) is 0 Å². The van der Waals surface area contributed by atoms with Crippen LogP contribution in [0.3, 0.4) is 0 Å². The van der Waals surface area contributed by atoms with Gasteiger partial charge in [-0.15, -0.1) is 0 Å². The fourth-order valence-electron chi connectivity index (χ4n) is 2.92. The number of hydrogen-bond donors (Lipinski definition) is 8. The molecule has 0 saturated carbocycles. The van der Waals surface area contributed by atoms with E-state index in [1.807, 2.05) is 19.2 Å². The van der Waals surface area contributed by atoms with Gasteiger partial charge in [-0.25, -0.2) is 4.79 Å². The van der Waals surface area contributed by atoms with Crippen LogP contribution in [0.15, 0.2) is 0 Å². The van der Waals surface area contributed by atoms with Crippen molar-refractivity contribution in [2.45, 2.75) is 83.1 Å². The number of carboxylic acids is 2. The SMILES string of the molecule is CC(C)C[C@H](NC(=O)[C@@H](N)CCCCN)C(=O)N[C@H](C(=O)N[C@@H](CC(=O)O)C(=O)O)[C@@H](C)O. The van der Waals surface area contributed by atoms with E-state index in [0.717, 1.165) is 0 Å². The third-order valence-electron chi connectivity index (χ3n) is 4.70. The number of unbranched alkanes of at least 4 members (excludes halogenated alkanes) is 1. The highest BCUT2D eigenvalue weighted by Crippen LogP contribution is 2.08. The average Bonchev–Trinajstić information content (AvgIpc) is 2.69. The fraction of sp³-hybridized carbons (Fsp3) is 0.750. The van der Waals surface area contributed by atoms with Crippen molar-refractivity contribution in [3.63, 3.8) is 0 Å². The van der Waals surface area contributed by atoms with E-state index in [2.05, 4.69) is 10.6 Å². The highest BCUT2D eigenvalue weighted by molar-refractivity contribution is 5.94. The number of aliphatic hydroxyl groups excluding tert-OH is 1. The van der Waals surface area contributed by atoms with Gasteiger partial charge in [0.05, 0.1) is 18.6 Å². The summed E-state index contributed by atoms with van der Waals surface area (Å²) in [4.78, 5) is 59.7. The maximum Gasteiger partial charge on any atom is 0.326 e. The maximum absolute atomic E-state index is 12.8. The molecule has 3 amide bonds. The molecule has 13 nitrogen and oxygen atoms in total. The number of amides is 3. The third kappa shape index (κ3) is 12.2. The molecule has 0 saturated heterocycles. The lowest BCUT2D eigenvalue weighted by atomic mass is 10.0. The monoisotopic (exact) mass is 475 g/mol. The second-order valence-corrected chi connectivity index (χ2v) is 8.31. The van der Waals surface area contributed by atoms with Crippen molar-refractivity contribution in [2.75, 3.05) is 6.54 Å². The summed E-state index contributed by atoms with van der Waals surface area (Å²) in [6.07, 6.45) is -0.424. The molecule has 0 aliphatic rings. The normalized spacial score (nSPS) is 15.6. The topological polar surface area (TPSA) is 234 Å². The third-order valence-corrected chi connectivity index (χ3v) is 4.70. The standard InChI is InChI=1S/C20H37N5O8/c1-10(2)8-13(23-17(29)12(22)6-4-5-7-21)18(30)25-16(11(3)26)19(31)24-14(20(32)33)9-15(27)28/h10-14,16,26H,4-9,21-22H2,1-3H3,(H,23,29)(H,24,31)(H,25,30)(H,27,28)(H,32,33)/t11-,12+,13+,14+,16+/m1/s1. The van der Waals surface area contributed by atoms with Gasteiger partial charge < -0.3 is 42.7 Å². The molecule has 0 aromatic rings. The average molecular weight is 476 g/mol. The predicted octanol–water partition coefficient (Wildman–Crippen LogP) is -2.12. The summed E-state index contributed by atoms with van der Waals surface area (Å²) in [5.41, 5.74) is 11.3. The number of carbonyl (C=O) groups excluding carboxylic acids is 3. The highest BCUT2D eigenvalue weighted by atomic mass is 16.4. The van der Waals surface area contributed by atoms with Gasteiger partial charge in [-0.2, -0.15) is 0 Å². The Labute approximate surface area is 192 Å². The molecule has 0 rings (SSSR count). The van der Waals surface area contributed by atoms with E-state index in [1.54, 1.807) is 0 Å². The molecule has 0 aliphatic heterocycles. The Hall–Kier alpha value is -2.77. The minimum absolute atomic E-state index is 0.0275. The Morgan fingerprint density at radius 2 is 1.42 bits per heavy atom. The van der Waals surface area contributed by atoms with E-state index in [9.17, 15) is 29.1 Å². The van der Waals surface area contributed by atoms with Crippen LogP contribution in [0.1, 0.15) is 52.9 Å². The molecule has 0 aliphatic carbocycles. The Balaban J connectivity index is 5.36. The van der Waals surface area contributed by atoms with Gasteiger partial charge in [0.15, 0.2) is 0 Å². The van der Waals surface area contributed by atoms with Crippen LogP contribution >= 0.6 is 0 Å². The van der Waals surface area contributed by atoms with Gasteiger partial charge in [0.2, 0.25) is 17.7 Å². The van der Waals surface area contributed by atoms with Crippen LogP contribution in [0.25, 0.3) is 0 Å². The molecule has 0 fully saturated rings. The Bertz CT molecular complexity index is 685. The van der Waals surface area contributed by atoms with E-state index in [0.29, 0.717) is 25.8 Å². The van der Waals surface area contributed by atoms with Crippen molar-refractivity contribution in [1.82, 2.24) is 16.0 Å². The van der Waals surface area contributed by atoms with Gasteiger partial charge in [0.1, 0.15) is 18.1 Å². The van der Waals surface area contributed by atoms with Crippen molar-refractivity contribution < 1.29 is 39.3 Å². The van der Waals surface area contributed by atoms with Gasteiger partial charge >= 0.3 is 11.9 Å². The Morgan fingerprint density at radius 3 is 1.88 bits per heavy atom. The van der Waals surface area contributed by atoms with Crippen molar-refractivity contribution in [2.24, 2.45) is 17.4 Å². The minimum atomic E-state index is -1.76. The molecule has 0 aromatic heterocycles. The molecule has 33 heavy (non-hydrogen) atoms. The smallest absolute Gasteiger partial charge is 0.326 e. The van der Waals surface area contributed by atoms with E-state index in [-0.39, 0.29) is 12.3 Å². The van der Waals surface area contributed by atoms with Gasteiger partial charge in [-0.3, -0.25) is 19.2 Å². The van der Waals surface area contributed by atoms with Gasteiger partial charge in [0, 0.05) is 0 Å². The lowest BCUT2D eigenvalue weighted by molar-refractivity contribution is -0.148. The molecule has 0 spiro atoms. The van der Waals surface area contributed by atoms with Crippen LogP contribution in [-0.4, -0.2) is 81.8 Å². The first-order valence-electron chi connectivity index (χ1n) is 10.8. The van der Waals surface area contributed by atoms with E-state index < -0.39 is 66.4 Å². The summed E-state index contributed by atoms with van der Waals surface area (Å²) in [5, 5.41) is 34.7. The van der Waals surface area contributed by atoms with Crippen LogP contribution in [-0.2, 0) is 24.0 Å². The molecule has 0 bridgehead atoms. The zero-order valence-electron chi connectivity index (χ0n) is 19.2. The van der Waals surface area contributed by atoms with Gasteiger partial charge in [0.25, 0.3) is 0 Å². The summed E-state index contributed by atoms with van der Waals surface area (Å²) in [6, 6.07) is -5.27. The first-order valence-corrected chi connectivity index (χ1v) is 10.8. The lowest BCUT2D eigenvalue weighted by Gasteiger charge is -2.27. The van der Waals surface area contributed by atoms with E-state index in [1.165, 1.54) is 6.92 Å². The van der Waals surface area contributed by atoms with Crippen LogP contribution < -0.4 is 27.4 Å². The molecule has 0 aromatic carbocycles. The Kier molecular flexibility index (Phi) is 13.9. The quantitative estimate of drug-likeness (QED) is 0.113. The number of rotatable bonds is 16. The summed E-state index contributed by atoms with van der Waals surface area (Å²) in [6.45, 7) is 5.29. The van der Waals surface area contributed by atoms with E-state index >= 15 is 0 Å². The maximum atomic E-state index is 12.8. The number of aliphatic hydroxyl groups is 1. The largest absolute Gasteiger partial charge is 0.481 e. The molecule has 5 atom stereocenters. The summed E-state index contributed by atoms with van der Waals surface area (Å²) >= 11 is 0. The van der Waals surface area contributed by atoms with Crippen LogP contribution in [0.2, 0.25) is 0 Å². The lowest BCUT2D eigenvalue weighted by Crippen LogP contribution is -2.60. The minimum Gasteiger partial charge on any atom is -0.481 e. The molecule has 190 valence electrons. The van der Waals surface area contributed by atoms with E-state index in [4.69, 9.17) is 21.7 Å². The number of nitrogens with two attached hydrogens (primary N) is 2. The first-order chi connectivity index (χ1) is 15.3. The molecule has 13 heteroatoms. The summed E-state index contributed by atoms with van der Waals surface area (Å²) < 4.78 is 0. The molecular formula is C20H37N5O8. The first kappa shape index (κ1) is 30.2. The molecule has 10 N–H and O–H groups in total. The second-order valence-electron chi connectivity index (χ2n) is 8.31. The van der Waals surface area contributed by atoms with Crippen LogP contribution in [0.4, 0.5) is 0 Å². The molecule has 0 radical (unpaired) electrons. The van der Waals surface area contributed by atoms with Gasteiger partial charge in [-0.1, -0.05) is 20.3 Å². The number of nitrogens with one attached hydrogen (secondary N) is 3. The molecule has 0 heterocycles. The fourth-order valence-corrected chi connectivity index (χ4v) is 2.92. The van der Waals surface area contributed by atoms with Crippen molar-refractivity contribution >= 4 is 29.7 Å². The number of hydrogen-bond acceptors (Lipinski definition) is 8. The van der Waals surface area contributed by atoms with Crippen molar-refractivity contribution in [3.05, 3.63) is 0 Å². The summed E-state index contributed by atoms with van der Waals surface area (Å²) in [5.74, 6) is -5.49. The highest BCUT2D eigenvalue weighted by Gasteiger charge is 2.33. The zero-order chi connectivity index (χ0) is 25.7. The summed E-state index contributed by atoms with van der Waals surface area (Å²) in [7, 11) is 0. The second kappa shape index (κ2) is 15.1. The zero-order valence-corrected chi connectivity index (χ0v) is 19.2. The molecule has 0 unspecified atom stereocenters. The molecular weight excluding hydrogens is 438 g/mol. The van der Waals surface area contributed by atoms with Crippen LogP contribution in [0.5, 0.6) is 0 Å². The van der Waals surface area contributed by atoms with Crippen LogP contribution in [0, 0.1) is 5.92 Å². The predicted molar refractivity (Wildman–Crippen MR) is 118 cm³/mol. The van der Waals surface area contributed by atoms with Crippen molar-refractivity contribution in [3.8, 4) is 0 Å². The number of aliphatic carboxylic acids is 2. The number of carbonyl (C=O) groups is 5. The Morgan fingerprint density at radius 1 is 0.848 bits per heavy atom. The van der Waals surface area contributed by atoms with Gasteiger partial charge in [-0.05, 0) is 38.6 Å². The number of carboxylic acid groups (broad SMARTS) is 2.